The summed E-state index contributed by atoms with van der Waals surface area (Å²) >= 11 is 0. The van der Waals surface area contributed by atoms with E-state index in [1.165, 1.54) is 26.0 Å². The molecule has 1 aliphatic rings. The van der Waals surface area contributed by atoms with Gasteiger partial charge in [-0.05, 0) is 38.1 Å². The molecule has 0 spiro atoms. The molecule has 110 valence electrons. The first-order chi connectivity index (χ1) is 9.95. The lowest BCUT2D eigenvalue weighted by Crippen LogP contribution is -2.28. The molecule has 0 saturated heterocycles. The van der Waals surface area contributed by atoms with Gasteiger partial charge in [0.25, 0.3) is 0 Å². The molecule has 2 aromatic rings. The van der Waals surface area contributed by atoms with Gasteiger partial charge in [0.05, 0.1) is 11.4 Å². The second kappa shape index (κ2) is 5.15. The van der Waals surface area contributed by atoms with Crippen LogP contribution < -0.4 is 5.32 Å². The van der Waals surface area contributed by atoms with E-state index in [1.807, 2.05) is 0 Å². The molecule has 1 aromatic carbocycles. The summed E-state index contributed by atoms with van der Waals surface area (Å²) in [4.78, 5) is 8.80. The highest BCUT2D eigenvalue weighted by Crippen LogP contribution is 2.30. The minimum atomic E-state index is -1.60. The third-order valence-corrected chi connectivity index (χ3v) is 3.58. The topological polar surface area (TPSA) is 37.8 Å². The Balaban J connectivity index is 2.19. The van der Waals surface area contributed by atoms with Crippen LogP contribution in [0.3, 0.4) is 0 Å². The Morgan fingerprint density at radius 3 is 2.52 bits per heavy atom. The zero-order valence-electron chi connectivity index (χ0n) is 12.1. The molecule has 0 aliphatic carbocycles. The van der Waals surface area contributed by atoms with Crippen molar-refractivity contribution >= 4 is 0 Å². The predicted molar refractivity (Wildman–Crippen MR) is 77.0 cm³/mol. The third-order valence-electron chi connectivity index (χ3n) is 3.58. The van der Waals surface area contributed by atoms with E-state index in [4.69, 9.17) is 0 Å². The number of benzene rings is 1. The number of hydrogen-bond acceptors (Lipinski definition) is 3. The van der Waals surface area contributed by atoms with Crippen LogP contribution in [-0.4, -0.2) is 16.5 Å². The normalized spacial score (nSPS) is 14.9. The van der Waals surface area contributed by atoms with Crippen molar-refractivity contribution in [2.45, 2.75) is 32.5 Å². The average Bonchev–Trinajstić information content (AvgIpc) is 2.46. The second-order valence-electron chi connectivity index (χ2n) is 5.73. The summed E-state index contributed by atoms with van der Waals surface area (Å²) in [5, 5.41) is 3.27. The maximum absolute atomic E-state index is 14.3. The maximum atomic E-state index is 14.3. The van der Waals surface area contributed by atoms with E-state index in [0.717, 1.165) is 29.8 Å². The predicted octanol–water partition coefficient (Wildman–Crippen LogP) is 3.13. The van der Waals surface area contributed by atoms with Crippen molar-refractivity contribution in [3.8, 4) is 11.3 Å². The molecular weight excluding hydrogens is 272 g/mol. The van der Waals surface area contributed by atoms with Crippen molar-refractivity contribution in [2.75, 3.05) is 6.54 Å². The highest BCUT2D eigenvalue weighted by atomic mass is 19.1. The van der Waals surface area contributed by atoms with Gasteiger partial charge in [-0.1, -0.05) is 0 Å². The van der Waals surface area contributed by atoms with Crippen molar-refractivity contribution in [1.82, 2.24) is 15.3 Å². The molecule has 0 bridgehead atoms. The zero-order valence-corrected chi connectivity index (χ0v) is 12.1. The summed E-state index contributed by atoms with van der Waals surface area (Å²) in [5.41, 5.74) is 1.72. The van der Waals surface area contributed by atoms with Gasteiger partial charge in [0, 0.05) is 30.6 Å². The Labute approximate surface area is 122 Å². The van der Waals surface area contributed by atoms with Gasteiger partial charge in [-0.2, -0.15) is 0 Å². The van der Waals surface area contributed by atoms with E-state index in [2.05, 4.69) is 15.3 Å². The fourth-order valence-electron chi connectivity index (χ4n) is 2.46. The minimum absolute atomic E-state index is 0.183. The fourth-order valence-corrected chi connectivity index (χ4v) is 2.46. The number of fused-ring (bicyclic) bond motifs is 1. The number of nitrogens with one attached hydrogen (secondary N) is 1. The van der Waals surface area contributed by atoms with E-state index in [-0.39, 0.29) is 11.6 Å². The van der Waals surface area contributed by atoms with E-state index in [9.17, 15) is 8.78 Å². The van der Waals surface area contributed by atoms with Gasteiger partial charge in [0.1, 0.15) is 5.82 Å². The first-order valence-corrected chi connectivity index (χ1v) is 7.01. The molecule has 2 heterocycles. The Morgan fingerprint density at radius 1 is 1.14 bits per heavy atom. The van der Waals surface area contributed by atoms with Crippen LogP contribution in [0.1, 0.15) is 30.9 Å². The van der Waals surface area contributed by atoms with Crippen LogP contribution in [0.5, 0.6) is 0 Å². The van der Waals surface area contributed by atoms with Crippen molar-refractivity contribution in [3.05, 3.63) is 47.2 Å². The van der Waals surface area contributed by atoms with Crippen molar-refractivity contribution in [3.63, 3.8) is 0 Å². The Bertz CT molecular complexity index is 660. The van der Waals surface area contributed by atoms with E-state index in [1.54, 1.807) is 12.1 Å². The molecule has 21 heavy (non-hydrogen) atoms. The number of halogens is 2. The molecule has 0 unspecified atom stereocenters. The summed E-state index contributed by atoms with van der Waals surface area (Å²) in [6.07, 6.45) is 0.745. The number of nitrogens with zero attached hydrogens (tertiary/aromatic N) is 2. The van der Waals surface area contributed by atoms with Gasteiger partial charge in [-0.15, -0.1) is 0 Å². The largest absolute Gasteiger partial charge is 0.312 e. The molecule has 5 heteroatoms. The highest BCUT2D eigenvalue weighted by Gasteiger charge is 2.27. The summed E-state index contributed by atoms with van der Waals surface area (Å²) in [7, 11) is 0. The van der Waals surface area contributed by atoms with Gasteiger partial charge < -0.3 is 5.32 Å². The van der Waals surface area contributed by atoms with Crippen LogP contribution in [-0.2, 0) is 18.6 Å². The molecule has 0 atom stereocenters. The second-order valence-corrected chi connectivity index (χ2v) is 5.73. The average molecular weight is 289 g/mol. The summed E-state index contributed by atoms with van der Waals surface area (Å²) in [5.74, 6) is -0.117. The molecule has 0 fully saturated rings. The first kappa shape index (κ1) is 14.1. The number of alkyl halides is 1. The van der Waals surface area contributed by atoms with Gasteiger partial charge in [-0.3, -0.25) is 0 Å². The molecule has 0 amide bonds. The molecule has 1 N–H and O–H groups in total. The monoisotopic (exact) mass is 289 g/mol. The van der Waals surface area contributed by atoms with E-state index < -0.39 is 5.67 Å². The maximum Gasteiger partial charge on any atom is 0.166 e. The summed E-state index contributed by atoms with van der Waals surface area (Å²) < 4.78 is 27.4. The number of aromatic nitrogens is 2. The minimum Gasteiger partial charge on any atom is -0.312 e. The molecule has 3 rings (SSSR count). The Hall–Kier alpha value is -1.88. The SMILES string of the molecule is CC(C)(F)c1nc2c(c(-c3ccc(F)cc3)n1)CNCC2. The van der Waals surface area contributed by atoms with Crippen LogP contribution in [0.4, 0.5) is 8.78 Å². The van der Waals surface area contributed by atoms with Crippen LogP contribution in [0.25, 0.3) is 11.3 Å². The third kappa shape index (κ3) is 2.78. The van der Waals surface area contributed by atoms with E-state index in [0.29, 0.717) is 12.2 Å². The molecule has 1 aromatic heterocycles. The van der Waals surface area contributed by atoms with Gasteiger partial charge >= 0.3 is 0 Å². The lowest BCUT2D eigenvalue weighted by Gasteiger charge is -2.22. The zero-order chi connectivity index (χ0) is 15.0. The molecule has 1 aliphatic heterocycles. The lowest BCUT2D eigenvalue weighted by molar-refractivity contribution is 0.206. The van der Waals surface area contributed by atoms with Crippen LogP contribution in [0.15, 0.2) is 24.3 Å². The Kier molecular flexibility index (Phi) is 3.45. The fraction of sp³-hybridized carbons (Fsp3) is 0.375. The lowest BCUT2D eigenvalue weighted by atomic mass is 9.99. The van der Waals surface area contributed by atoms with Crippen molar-refractivity contribution < 1.29 is 8.78 Å². The van der Waals surface area contributed by atoms with Crippen LogP contribution in [0.2, 0.25) is 0 Å². The van der Waals surface area contributed by atoms with Gasteiger partial charge in [0.15, 0.2) is 11.5 Å². The summed E-state index contributed by atoms with van der Waals surface area (Å²) in [6.45, 7) is 4.36. The van der Waals surface area contributed by atoms with Crippen molar-refractivity contribution in [2.24, 2.45) is 0 Å². The smallest absolute Gasteiger partial charge is 0.166 e. The van der Waals surface area contributed by atoms with Crippen molar-refractivity contribution in [1.29, 1.82) is 0 Å². The highest BCUT2D eigenvalue weighted by molar-refractivity contribution is 5.64. The van der Waals surface area contributed by atoms with Crippen LogP contribution >= 0.6 is 0 Å². The quantitative estimate of drug-likeness (QED) is 0.923. The Morgan fingerprint density at radius 2 is 1.86 bits per heavy atom. The molecule has 0 saturated carbocycles. The molecule has 0 radical (unpaired) electrons. The van der Waals surface area contributed by atoms with Gasteiger partial charge in [-0.25, -0.2) is 18.7 Å². The first-order valence-electron chi connectivity index (χ1n) is 7.01. The number of hydrogen-bond donors (Lipinski definition) is 1. The van der Waals surface area contributed by atoms with Gasteiger partial charge in [0.2, 0.25) is 0 Å². The standard InChI is InChI=1S/C16H17F2N3/c1-16(2,18)15-20-13-7-8-19-9-12(13)14(21-15)10-3-5-11(17)6-4-10/h3-6,19H,7-9H2,1-2H3. The van der Waals surface area contributed by atoms with E-state index >= 15 is 0 Å². The molecule has 3 nitrogen and oxygen atoms in total. The van der Waals surface area contributed by atoms with Crippen LogP contribution in [0, 0.1) is 5.82 Å². The molecular formula is C16H17F2N3. The number of rotatable bonds is 2. The summed E-state index contributed by atoms with van der Waals surface area (Å²) in [6, 6.07) is 6.11.